The average Bonchev–Trinajstić information content (AvgIpc) is 3.19. The number of halogens is 1. The molecule has 0 amide bonds. The van der Waals surface area contributed by atoms with Crippen molar-refractivity contribution >= 4 is 17.6 Å². The summed E-state index contributed by atoms with van der Waals surface area (Å²) in [6.45, 7) is 3.41. The molecule has 180 valence electrons. The number of hydrogen-bond donors (Lipinski definition) is 1. The number of carboxylic acids is 1. The van der Waals surface area contributed by atoms with Gasteiger partial charge in [0.1, 0.15) is 6.61 Å². The number of aryl methyl sites for hydroxylation is 1. The van der Waals surface area contributed by atoms with Crippen LogP contribution in [0.3, 0.4) is 0 Å². The second-order valence-electron chi connectivity index (χ2n) is 9.27. The largest absolute Gasteiger partial charge is 0.480 e. The van der Waals surface area contributed by atoms with Gasteiger partial charge in [-0.05, 0) is 61.6 Å². The third-order valence-electron chi connectivity index (χ3n) is 6.67. The lowest BCUT2D eigenvalue weighted by molar-refractivity contribution is -0.142. The van der Waals surface area contributed by atoms with Crippen LogP contribution >= 0.6 is 11.6 Å². The molecule has 1 aliphatic carbocycles. The van der Waals surface area contributed by atoms with E-state index in [1.165, 1.54) is 16.8 Å². The predicted molar refractivity (Wildman–Crippen MR) is 136 cm³/mol. The standard InChI is InChI=1S/C28H33ClN2O3/c1-2-6-25-27(22-7-4-3-5-8-22)28(23-13-15-24(29)16-14-23)31(30-25)17-20-9-11-21(12-10-20)18-34-19-26(32)33/h3-5,7-8,13-16,20-21H,2,6,9-12,17-19H2,1H3,(H,32,33). The monoisotopic (exact) mass is 480 g/mol. The quantitative estimate of drug-likeness (QED) is 0.349. The van der Waals surface area contributed by atoms with Crippen LogP contribution in [0.2, 0.25) is 5.02 Å². The molecule has 1 heterocycles. The van der Waals surface area contributed by atoms with Crippen LogP contribution in [-0.4, -0.2) is 34.1 Å². The number of carboxylic acid groups (broad SMARTS) is 1. The molecule has 0 unspecified atom stereocenters. The summed E-state index contributed by atoms with van der Waals surface area (Å²) in [6.07, 6.45) is 6.31. The number of aromatic nitrogens is 2. The van der Waals surface area contributed by atoms with Crippen LogP contribution < -0.4 is 0 Å². The van der Waals surface area contributed by atoms with Gasteiger partial charge in [0, 0.05) is 22.7 Å². The summed E-state index contributed by atoms with van der Waals surface area (Å²) in [4.78, 5) is 10.7. The average molecular weight is 481 g/mol. The van der Waals surface area contributed by atoms with Gasteiger partial charge in [-0.1, -0.05) is 67.4 Å². The van der Waals surface area contributed by atoms with Crippen molar-refractivity contribution in [2.75, 3.05) is 13.2 Å². The van der Waals surface area contributed by atoms with Crippen LogP contribution in [0.15, 0.2) is 54.6 Å². The van der Waals surface area contributed by atoms with Gasteiger partial charge in [-0.15, -0.1) is 0 Å². The van der Waals surface area contributed by atoms with Crippen LogP contribution in [0.25, 0.3) is 22.4 Å². The van der Waals surface area contributed by atoms with Crippen LogP contribution in [0, 0.1) is 11.8 Å². The third kappa shape index (κ3) is 6.08. The molecule has 0 spiro atoms. The topological polar surface area (TPSA) is 64.4 Å². The van der Waals surface area contributed by atoms with Gasteiger partial charge in [0.05, 0.1) is 18.0 Å². The molecule has 0 bridgehead atoms. The Balaban J connectivity index is 1.60. The number of rotatable bonds is 10. The van der Waals surface area contributed by atoms with Gasteiger partial charge < -0.3 is 9.84 Å². The number of benzene rings is 2. The molecule has 1 fully saturated rings. The Morgan fingerprint density at radius 3 is 2.35 bits per heavy atom. The first kappa shape index (κ1) is 24.5. The van der Waals surface area contributed by atoms with E-state index < -0.39 is 5.97 Å². The Labute approximate surface area is 206 Å². The molecular formula is C28H33ClN2O3. The lowest BCUT2D eigenvalue weighted by atomic mass is 9.82. The SMILES string of the molecule is CCCc1nn(CC2CCC(COCC(=O)O)CC2)c(-c2ccc(Cl)cc2)c1-c1ccccc1. The predicted octanol–water partition coefficient (Wildman–Crippen LogP) is 6.73. The summed E-state index contributed by atoms with van der Waals surface area (Å²) >= 11 is 6.21. The molecule has 4 rings (SSSR count). The minimum absolute atomic E-state index is 0.208. The van der Waals surface area contributed by atoms with Crippen molar-refractivity contribution in [1.82, 2.24) is 9.78 Å². The van der Waals surface area contributed by atoms with Crippen molar-refractivity contribution in [3.8, 4) is 22.4 Å². The number of nitrogens with zero attached hydrogens (tertiary/aromatic N) is 2. The molecule has 5 nitrogen and oxygen atoms in total. The van der Waals surface area contributed by atoms with Gasteiger partial charge in [-0.25, -0.2) is 4.79 Å². The first-order chi connectivity index (χ1) is 16.5. The highest BCUT2D eigenvalue weighted by Crippen LogP contribution is 2.38. The highest BCUT2D eigenvalue weighted by Gasteiger charge is 2.26. The Hall–Kier alpha value is -2.63. The maximum Gasteiger partial charge on any atom is 0.329 e. The molecule has 1 saturated carbocycles. The summed E-state index contributed by atoms with van der Waals surface area (Å²) in [6, 6.07) is 18.6. The van der Waals surface area contributed by atoms with Gasteiger partial charge in [0.25, 0.3) is 0 Å². The normalized spacial score (nSPS) is 18.2. The summed E-state index contributed by atoms with van der Waals surface area (Å²) in [5.74, 6) is 0.0819. The van der Waals surface area contributed by atoms with Crippen LogP contribution in [0.4, 0.5) is 0 Å². The highest BCUT2D eigenvalue weighted by atomic mass is 35.5. The Kier molecular flexibility index (Phi) is 8.41. The molecule has 1 aliphatic rings. The molecule has 0 saturated heterocycles. The molecule has 3 aromatic rings. The van der Waals surface area contributed by atoms with Crippen LogP contribution in [0.5, 0.6) is 0 Å². The molecule has 1 aromatic heterocycles. The van der Waals surface area contributed by atoms with Crippen molar-refractivity contribution in [3.05, 3.63) is 65.3 Å². The fourth-order valence-corrected chi connectivity index (χ4v) is 5.13. The number of aliphatic carboxylic acids is 1. The van der Waals surface area contributed by atoms with E-state index in [2.05, 4.69) is 48.0 Å². The van der Waals surface area contributed by atoms with Gasteiger partial charge in [-0.3, -0.25) is 4.68 Å². The van der Waals surface area contributed by atoms with E-state index in [-0.39, 0.29) is 6.61 Å². The zero-order valence-corrected chi connectivity index (χ0v) is 20.5. The first-order valence-corrected chi connectivity index (χ1v) is 12.6. The highest BCUT2D eigenvalue weighted by molar-refractivity contribution is 6.30. The van der Waals surface area contributed by atoms with E-state index in [4.69, 9.17) is 26.5 Å². The summed E-state index contributed by atoms with van der Waals surface area (Å²) in [5.41, 5.74) is 5.86. The molecular weight excluding hydrogens is 448 g/mol. The second-order valence-corrected chi connectivity index (χ2v) is 9.71. The Morgan fingerprint density at radius 1 is 1.03 bits per heavy atom. The molecule has 2 aromatic carbocycles. The fraction of sp³-hybridized carbons (Fsp3) is 0.429. The van der Waals surface area contributed by atoms with E-state index in [9.17, 15) is 4.79 Å². The fourth-order valence-electron chi connectivity index (χ4n) is 5.00. The molecule has 6 heteroatoms. The van der Waals surface area contributed by atoms with Crippen molar-refractivity contribution in [1.29, 1.82) is 0 Å². The second kappa shape index (κ2) is 11.7. The Bertz CT molecular complexity index is 1070. The van der Waals surface area contributed by atoms with E-state index in [0.29, 0.717) is 18.4 Å². The maximum absolute atomic E-state index is 10.7. The maximum atomic E-state index is 10.7. The zero-order valence-electron chi connectivity index (χ0n) is 19.8. The third-order valence-corrected chi connectivity index (χ3v) is 6.92. The van der Waals surface area contributed by atoms with E-state index in [1.54, 1.807) is 0 Å². The lowest BCUT2D eigenvalue weighted by Crippen LogP contribution is -2.23. The van der Waals surface area contributed by atoms with E-state index >= 15 is 0 Å². The molecule has 0 aliphatic heterocycles. The van der Waals surface area contributed by atoms with Crippen molar-refractivity contribution < 1.29 is 14.6 Å². The number of ether oxygens (including phenoxy) is 1. The summed E-state index contributed by atoms with van der Waals surface area (Å²) in [5, 5.41) is 14.7. The van der Waals surface area contributed by atoms with Crippen LogP contribution in [-0.2, 0) is 22.5 Å². The first-order valence-electron chi connectivity index (χ1n) is 12.3. The number of hydrogen-bond acceptors (Lipinski definition) is 3. The van der Waals surface area contributed by atoms with Crippen molar-refractivity contribution in [3.63, 3.8) is 0 Å². The van der Waals surface area contributed by atoms with Gasteiger partial charge in [0.2, 0.25) is 0 Å². The molecule has 34 heavy (non-hydrogen) atoms. The lowest BCUT2D eigenvalue weighted by Gasteiger charge is -2.28. The van der Waals surface area contributed by atoms with Crippen molar-refractivity contribution in [2.24, 2.45) is 11.8 Å². The minimum atomic E-state index is -0.904. The molecule has 1 N–H and O–H groups in total. The number of carbonyl (C=O) groups is 1. The van der Waals surface area contributed by atoms with Gasteiger partial charge in [0.15, 0.2) is 0 Å². The van der Waals surface area contributed by atoms with E-state index in [0.717, 1.165) is 61.3 Å². The van der Waals surface area contributed by atoms with E-state index in [1.807, 2.05) is 18.2 Å². The van der Waals surface area contributed by atoms with Gasteiger partial charge >= 0.3 is 5.97 Å². The van der Waals surface area contributed by atoms with Gasteiger partial charge in [-0.2, -0.15) is 5.10 Å². The summed E-state index contributed by atoms with van der Waals surface area (Å²) < 4.78 is 7.57. The Morgan fingerprint density at radius 2 is 1.71 bits per heavy atom. The minimum Gasteiger partial charge on any atom is -0.480 e. The van der Waals surface area contributed by atoms with Crippen LogP contribution in [0.1, 0.15) is 44.7 Å². The molecule has 0 radical (unpaired) electrons. The molecule has 0 atom stereocenters. The zero-order chi connectivity index (χ0) is 23.9. The smallest absolute Gasteiger partial charge is 0.329 e. The summed E-state index contributed by atoms with van der Waals surface area (Å²) in [7, 11) is 0. The van der Waals surface area contributed by atoms with Crippen molar-refractivity contribution in [2.45, 2.75) is 52.0 Å².